The lowest BCUT2D eigenvalue weighted by Gasteiger charge is -2.30. The van der Waals surface area contributed by atoms with Crippen LogP contribution in [-0.2, 0) is 6.54 Å². The van der Waals surface area contributed by atoms with Crippen LogP contribution < -0.4 is 0 Å². The normalized spacial score (nSPS) is 19.3. The van der Waals surface area contributed by atoms with Crippen LogP contribution in [0.3, 0.4) is 0 Å². The zero-order chi connectivity index (χ0) is 15.6. The molecule has 0 bridgehead atoms. The van der Waals surface area contributed by atoms with Crippen molar-refractivity contribution in [2.45, 2.75) is 32.2 Å². The zero-order valence-electron chi connectivity index (χ0n) is 12.9. The molecule has 5 nitrogen and oxygen atoms in total. The standard InChI is InChI=1S/C16H18N4OS2/c1-11-8-17-16(23-11)12-4-2-6-20(9-12)10-14-18-19-15(21-14)13-5-3-7-22-13/h3,5,7-8,12H,2,4,6,9-10H2,1H3/t12-/m1/s1. The highest BCUT2D eigenvalue weighted by Gasteiger charge is 2.24. The van der Waals surface area contributed by atoms with Gasteiger partial charge in [0.15, 0.2) is 0 Å². The molecule has 0 amide bonds. The second kappa shape index (κ2) is 6.51. The van der Waals surface area contributed by atoms with E-state index in [-0.39, 0.29) is 0 Å². The molecule has 0 radical (unpaired) electrons. The summed E-state index contributed by atoms with van der Waals surface area (Å²) in [5, 5.41) is 11.6. The molecule has 4 rings (SSSR count). The molecule has 0 unspecified atom stereocenters. The van der Waals surface area contributed by atoms with E-state index in [2.05, 4.69) is 27.0 Å². The summed E-state index contributed by atoms with van der Waals surface area (Å²) in [5.74, 6) is 1.85. The minimum absolute atomic E-state index is 0.530. The maximum atomic E-state index is 5.81. The number of thiophene rings is 1. The molecule has 0 aromatic carbocycles. The first kappa shape index (κ1) is 15.0. The molecule has 0 N–H and O–H groups in total. The Balaban J connectivity index is 1.42. The van der Waals surface area contributed by atoms with Gasteiger partial charge in [-0.05, 0) is 37.8 Å². The molecule has 1 saturated heterocycles. The van der Waals surface area contributed by atoms with E-state index in [1.807, 2.05) is 35.0 Å². The van der Waals surface area contributed by atoms with Crippen LogP contribution in [0.25, 0.3) is 10.8 Å². The van der Waals surface area contributed by atoms with E-state index < -0.39 is 0 Å². The van der Waals surface area contributed by atoms with Gasteiger partial charge in [0.1, 0.15) is 0 Å². The zero-order valence-corrected chi connectivity index (χ0v) is 14.6. The lowest BCUT2D eigenvalue weighted by atomic mass is 9.99. The Kier molecular flexibility index (Phi) is 4.24. The largest absolute Gasteiger partial charge is 0.419 e. The molecule has 4 heterocycles. The second-order valence-corrected chi connectivity index (χ2v) is 8.08. The van der Waals surface area contributed by atoms with Gasteiger partial charge >= 0.3 is 0 Å². The average Bonchev–Trinajstić information content (AvgIpc) is 3.28. The van der Waals surface area contributed by atoms with E-state index in [0.717, 1.165) is 24.5 Å². The summed E-state index contributed by atoms with van der Waals surface area (Å²) in [6.07, 6.45) is 4.38. The fourth-order valence-corrected chi connectivity index (χ4v) is 4.51. The molecular formula is C16H18N4OS2. The lowest BCUT2D eigenvalue weighted by Crippen LogP contribution is -2.33. The highest BCUT2D eigenvalue weighted by atomic mass is 32.1. The van der Waals surface area contributed by atoms with E-state index in [1.54, 1.807) is 11.3 Å². The Morgan fingerprint density at radius 1 is 1.39 bits per heavy atom. The summed E-state index contributed by atoms with van der Waals surface area (Å²) < 4.78 is 5.81. The smallest absolute Gasteiger partial charge is 0.257 e. The Labute approximate surface area is 143 Å². The summed E-state index contributed by atoms with van der Waals surface area (Å²) in [4.78, 5) is 9.27. The van der Waals surface area contributed by atoms with Gasteiger partial charge in [-0.15, -0.1) is 32.9 Å². The van der Waals surface area contributed by atoms with Gasteiger partial charge in [-0.25, -0.2) is 4.98 Å². The van der Waals surface area contributed by atoms with E-state index >= 15 is 0 Å². The van der Waals surface area contributed by atoms with Crippen molar-refractivity contribution in [2.75, 3.05) is 13.1 Å². The molecule has 0 aliphatic carbocycles. The van der Waals surface area contributed by atoms with Crippen molar-refractivity contribution in [3.05, 3.63) is 39.5 Å². The van der Waals surface area contributed by atoms with Crippen LogP contribution in [0.2, 0.25) is 0 Å². The van der Waals surface area contributed by atoms with Crippen molar-refractivity contribution in [3.8, 4) is 10.8 Å². The van der Waals surface area contributed by atoms with Crippen molar-refractivity contribution in [2.24, 2.45) is 0 Å². The van der Waals surface area contributed by atoms with Crippen molar-refractivity contribution in [3.63, 3.8) is 0 Å². The first-order chi connectivity index (χ1) is 11.3. The van der Waals surface area contributed by atoms with Crippen LogP contribution in [0, 0.1) is 6.92 Å². The maximum absolute atomic E-state index is 5.81. The summed E-state index contributed by atoms with van der Waals surface area (Å²) in [5.41, 5.74) is 0. The third-order valence-electron chi connectivity index (χ3n) is 4.05. The van der Waals surface area contributed by atoms with Crippen LogP contribution >= 0.6 is 22.7 Å². The molecule has 1 atom stereocenters. The molecule has 3 aromatic heterocycles. The first-order valence-electron chi connectivity index (χ1n) is 7.79. The van der Waals surface area contributed by atoms with Crippen LogP contribution in [0.15, 0.2) is 28.1 Å². The van der Waals surface area contributed by atoms with Crippen molar-refractivity contribution in [1.29, 1.82) is 0 Å². The lowest BCUT2D eigenvalue weighted by molar-refractivity contribution is 0.184. The molecule has 3 aromatic rings. The number of rotatable bonds is 4. The number of likely N-dealkylation sites (tertiary alicyclic amines) is 1. The molecule has 1 aliphatic heterocycles. The third kappa shape index (κ3) is 3.36. The Morgan fingerprint density at radius 3 is 3.13 bits per heavy atom. The van der Waals surface area contributed by atoms with Gasteiger partial charge in [-0.2, -0.15) is 0 Å². The molecule has 23 heavy (non-hydrogen) atoms. The SMILES string of the molecule is Cc1cnc([C@@H]2CCCN(Cc3nnc(-c4cccs4)o3)C2)s1. The molecule has 7 heteroatoms. The van der Waals surface area contributed by atoms with Gasteiger partial charge in [0.25, 0.3) is 5.89 Å². The number of nitrogens with zero attached hydrogens (tertiary/aromatic N) is 4. The van der Waals surface area contributed by atoms with Crippen LogP contribution in [0.1, 0.15) is 34.5 Å². The van der Waals surface area contributed by atoms with Gasteiger partial charge in [0.05, 0.1) is 16.4 Å². The predicted octanol–water partition coefficient (Wildman–Crippen LogP) is 3.94. The third-order valence-corrected chi connectivity index (χ3v) is 5.98. The monoisotopic (exact) mass is 346 g/mol. The van der Waals surface area contributed by atoms with Crippen LogP contribution in [0.4, 0.5) is 0 Å². The van der Waals surface area contributed by atoms with Gasteiger partial charge in [0.2, 0.25) is 5.89 Å². The summed E-state index contributed by atoms with van der Waals surface area (Å²) >= 11 is 3.44. The van der Waals surface area contributed by atoms with E-state index in [1.165, 1.54) is 22.7 Å². The average molecular weight is 346 g/mol. The van der Waals surface area contributed by atoms with Gasteiger partial charge in [-0.3, -0.25) is 4.90 Å². The quantitative estimate of drug-likeness (QED) is 0.716. The van der Waals surface area contributed by atoms with Crippen LogP contribution in [0.5, 0.6) is 0 Å². The van der Waals surface area contributed by atoms with Crippen molar-refractivity contribution in [1.82, 2.24) is 20.1 Å². The first-order valence-corrected chi connectivity index (χ1v) is 9.48. The Bertz CT molecular complexity index is 765. The van der Waals surface area contributed by atoms with Crippen molar-refractivity contribution < 1.29 is 4.42 Å². The van der Waals surface area contributed by atoms with Crippen molar-refractivity contribution >= 4 is 22.7 Å². The highest BCUT2D eigenvalue weighted by Crippen LogP contribution is 2.30. The summed E-state index contributed by atoms with van der Waals surface area (Å²) in [7, 11) is 0. The molecule has 0 spiro atoms. The summed E-state index contributed by atoms with van der Waals surface area (Å²) in [6.45, 7) is 4.94. The van der Waals surface area contributed by atoms with E-state index in [0.29, 0.717) is 17.7 Å². The fourth-order valence-electron chi connectivity index (χ4n) is 2.97. The van der Waals surface area contributed by atoms with E-state index in [4.69, 9.17) is 4.42 Å². The van der Waals surface area contributed by atoms with Gasteiger partial charge < -0.3 is 4.42 Å². The molecular weight excluding hydrogens is 328 g/mol. The molecule has 1 fully saturated rings. The second-order valence-electron chi connectivity index (χ2n) is 5.86. The Morgan fingerprint density at radius 2 is 2.35 bits per heavy atom. The number of aryl methyl sites for hydroxylation is 1. The van der Waals surface area contributed by atoms with Gasteiger partial charge in [-0.1, -0.05) is 6.07 Å². The molecule has 1 aliphatic rings. The minimum atomic E-state index is 0.530. The fraction of sp³-hybridized carbons (Fsp3) is 0.438. The number of aromatic nitrogens is 3. The highest BCUT2D eigenvalue weighted by molar-refractivity contribution is 7.13. The Hall–Kier alpha value is -1.57. The summed E-state index contributed by atoms with van der Waals surface area (Å²) in [6, 6.07) is 4.00. The van der Waals surface area contributed by atoms with E-state index in [9.17, 15) is 0 Å². The van der Waals surface area contributed by atoms with Crippen LogP contribution in [-0.4, -0.2) is 33.2 Å². The maximum Gasteiger partial charge on any atom is 0.257 e. The predicted molar refractivity (Wildman–Crippen MR) is 91.7 cm³/mol. The topological polar surface area (TPSA) is 55.1 Å². The molecule has 0 saturated carbocycles. The minimum Gasteiger partial charge on any atom is -0.419 e. The number of piperidine rings is 1. The molecule has 120 valence electrons. The number of hydrogen-bond acceptors (Lipinski definition) is 7. The number of thiazole rings is 1. The number of hydrogen-bond donors (Lipinski definition) is 0. The van der Waals surface area contributed by atoms with Gasteiger partial charge in [0, 0.05) is 23.5 Å².